The summed E-state index contributed by atoms with van der Waals surface area (Å²) in [5, 5.41) is 8.38. The van der Waals surface area contributed by atoms with Gasteiger partial charge in [0.25, 0.3) is 0 Å². The summed E-state index contributed by atoms with van der Waals surface area (Å²) in [6.07, 6.45) is 4.10. The molecule has 0 aromatic carbocycles. The lowest BCUT2D eigenvalue weighted by Crippen LogP contribution is -1.75. The van der Waals surface area contributed by atoms with Gasteiger partial charge >= 0.3 is 0 Å². The van der Waals surface area contributed by atoms with Crippen molar-refractivity contribution in [1.82, 2.24) is 0 Å². The Kier molecular flexibility index (Phi) is 5.86. The van der Waals surface area contributed by atoms with Crippen molar-refractivity contribution in [2.24, 2.45) is 0 Å². The molecule has 0 aromatic rings. The maximum Gasteiger partial charge on any atom is 0.0622 e. The summed E-state index contributed by atoms with van der Waals surface area (Å²) in [6.45, 7) is 2.31. The molecule has 0 bridgehead atoms. The molecule has 0 radical (unpaired) electrons. The zero-order chi connectivity index (χ0) is 6.41. The van der Waals surface area contributed by atoms with Crippen molar-refractivity contribution in [1.29, 1.82) is 0 Å². The molecule has 1 N–H and O–H groups in total. The van der Waals surface area contributed by atoms with Gasteiger partial charge < -0.3 is 5.11 Å². The molecule has 0 rings (SSSR count). The van der Waals surface area contributed by atoms with Crippen LogP contribution in [-0.2, 0) is 0 Å². The summed E-state index contributed by atoms with van der Waals surface area (Å²) in [5.74, 6) is 0. The molecule has 0 aliphatic carbocycles. The van der Waals surface area contributed by atoms with Crippen LogP contribution in [0.4, 0.5) is 0 Å². The average molecular weight is 226 g/mol. The van der Waals surface area contributed by atoms with Crippen LogP contribution >= 0.6 is 22.6 Å². The molecule has 0 atom stereocenters. The monoisotopic (exact) mass is 226 g/mol. The van der Waals surface area contributed by atoms with E-state index < -0.39 is 0 Å². The Balaban J connectivity index is 3.29. The van der Waals surface area contributed by atoms with Crippen molar-refractivity contribution in [3.8, 4) is 0 Å². The second-order valence-corrected chi connectivity index (χ2v) is 2.97. The van der Waals surface area contributed by atoms with Crippen LogP contribution in [0.5, 0.6) is 0 Å². The van der Waals surface area contributed by atoms with E-state index in [1.807, 2.05) is 6.08 Å². The first-order valence-corrected chi connectivity index (χ1v) is 3.84. The molecular formula is C6H11IO. The molecule has 0 spiro atoms. The summed E-state index contributed by atoms with van der Waals surface area (Å²) >= 11 is 2.24. The van der Waals surface area contributed by atoms with Crippen LogP contribution in [0, 0.1) is 0 Å². The van der Waals surface area contributed by atoms with Gasteiger partial charge in [0, 0.05) is 0 Å². The van der Waals surface area contributed by atoms with Crippen LogP contribution < -0.4 is 0 Å². The van der Waals surface area contributed by atoms with Crippen molar-refractivity contribution >= 4 is 22.6 Å². The van der Waals surface area contributed by atoms with Gasteiger partial charge in [0.05, 0.1) is 6.61 Å². The van der Waals surface area contributed by atoms with Crippen LogP contribution in [0.25, 0.3) is 0 Å². The predicted molar refractivity (Wildman–Crippen MR) is 44.1 cm³/mol. The summed E-state index contributed by atoms with van der Waals surface area (Å²) in [6, 6.07) is 0. The Bertz CT molecular complexity index is 78.6. The van der Waals surface area contributed by atoms with Crippen LogP contribution in [0.1, 0.15) is 19.8 Å². The molecule has 0 aromatic heterocycles. The highest BCUT2D eigenvalue weighted by Gasteiger charge is 1.84. The lowest BCUT2D eigenvalue weighted by atomic mass is 10.3. The highest BCUT2D eigenvalue weighted by atomic mass is 127. The molecule has 0 saturated carbocycles. The van der Waals surface area contributed by atoms with Gasteiger partial charge in [-0.1, -0.05) is 13.3 Å². The number of aliphatic hydroxyl groups is 1. The van der Waals surface area contributed by atoms with Crippen LogP contribution in [0.3, 0.4) is 0 Å². The quantitative estimate of drug-likeness (QED) is 0.730. The molecule has 0 amide bonds. The van der Waals surface area contributed by atoms with Crippen LogP contribution in [0.2, 0.25) is 0 Å². The molecular weight excluding hydrogens is 215 g/mol. The standard InChI is InChI=1S/C6H11IO/c1-2-3-6(7)4-5-8/h4,8H,2-3,5H2,1H3/b6-4-. The van der Waals surface area contributed by atoms with E-state index in [0.717, 1.165) is 12.8 Å². The third-order valence-corrected chi connectivity index (χ3v) is 1.78. The van der Waals surface area contributed by atoms with E-state index in [1.54, 1.807) is 0 Å². The fraction of sp³-hybridized carbons (Fsp3) is 0.667. The van der Waals surface area contributed by atoms with E-state index in [-0.39, 0.29) is 6.61 Å². The van der Waals surface area contributed by atoms with Gasteiger partial charge in [-0.25, -0.2) is 0 Å². The molecule has 0 unspecified atom stereocenters. The largest absolute Gasteiger partial charge is 0.392 e. The molecule has 0 heterocycles. The zero-order valence-corrected chi connectivity index (χ0v) is 7.18. The first-order valence-electron chi connectivity index (χ1n) is 2.76. The number of aliphatic hydroxyl groups excluding tert-OH is 1. The zero-order valence-electron chi connectivity index (χ0n) is 5.02. The summed E-state index contributed by atoms with van der Waals surface area (Å²) in [4.78, 5) is 0. The Labute approximate surface area is 63.9 Å². The Hall–Kier alpha value is 0.430. The van der Waals surface area contributed by atoms with E-state index in [1.165, 1.54) is 3.58 Å². The molecule has 0 aliphatic rings. The number of hydrogen-bond donors (Lipinski definition) is 1. The van der Waals surface area contributed by atoms with Crippen molar-refractivity contribution in [3.63, 3.8) is 0 Å². The van der Waals surface area contributed by atoms with E-state index in [4.69, 9.17) is 5.11 Å². The second-order valence-electron chi connectivity index (χ2n) is 1.58. The summed E-state index contributed by atoms with van der Waals surface area (Å²) in [5.41, 5.74) is 0. The van der Waals surface area contributed by atoms with Crippen molar-refractivity contribution in [3.05, 3.63) is 9.66 Å². The fourth-order valence-electron chi connectivity index (χ4n) is 0.440. The van der Waals surface area contributed by atoms with Gasteiger partial charge in [0.1, 0.15) is 0 Å². The minimum atomic E-state index is 0.179. The Morgan fingerprint density at radius 1 is 1.75 bits per heavy atom. The minimum absolute atomic E-state index is 0.179. The van der Waals surface area contributed by atoms with E-state index in [2.05, 4.69) is 29.5 Å². The smallest absolute Gasteiger partial charge is 0.0622 e. The lowest BCUT2D eigenvalue weighted by molar-refractivity contribution is 0.342. The van der Waals surface area contributed by atoms with Gasteiger partial charge in [-0.15, -0.1) is 0 Å². The van der Waals surface area contributed by atoms with Crippen molar-refractivity contribution in [2.45, 2.75) is 19.8 Å². The number of hydrogen-bond acceptors (Lipinski definition) is 1. The van der Waals surface area contributed by atoms with Gasteiger partial charge in [-0.05, 0) is 38.7 Å². The third-order valence-electron chi connectivity index (χ3n) is 0.802. The topological polar surface area (TPSA) is 20.2 Å². The first-order chi connectivity index (χ1) is 3.81. The number of halogens is 1. The highest BCUT2D eigenvalue weighted by Crippen LogP contribution is 2.11. The molecule has 2 heteroatoms. The first kappa shape index (κ1) is 8.43. The Morgan fingerprint density at radius 2 is 2.38 bits per heavy atom. The maximum absolute atomic E-state index is 8.38. The van der Waals surface area contributed by atoms with Gasteiger partial charge in [0.15, 0.2) is 0 Å². The number of allylic oxidation sites excluding steroid dienone is 1. The maximum atomic E-state index is 8.38. The molecule has 0 fully saturated rings. The SMILES string of the molecule is CCC/C(I)=C/CO. The van der Waals surface area contributed by atoms with E-state index in [9.17, 15) is 0 Å². The molecule has 1 nitrogen and oxygen atoms in total. The van der Waals surface area contributed by atoms with E-state index >= 15 is 0 Å². The normalized spacial score (nSPS) is 12.1. The molecule has 48 valence electrons. The average Bonchev–Trinajstić information content (AvgIpc) is 1.68. The fourth-order valence-corrected chi connectivity index (χ4v) is 1.18. The van der Waals surface area contributed by atoms with Gasteiger partial charge in [-0.3, -0.25) is 0 Å². The second kappa shape index (κ2) is 5.56. The van der Waals surface area contributed by atoms with Gasteiger partial charge in [0.2, 0.25) is 0 Å². The summed E-state index contributed by atoms with van der Waals surface area (Å²) in [7, 11) is 0. The predicted octanol–water partition coefficient (Wildman–Crippen LogP) is 2.10. The van der Waals surface area contributed by atoms with Crippen LogP contribution in [-0.4, -0.2) is 11.7 Å². The van der Waals surface area contributed by atoms with Gasteiger partial charge in [-0.2, -0.15) is 0 Å². The van der Waals surface area contributed by atoms with E-state index in [0.29, 0.717) is 0 Å². The molecule has 0 saturated heterocycles. The summed E-state index contributed by atoms with van der Waals surface area (Å²) < 4.78 is 1.26. The molecule has 8 heavy (non-hydrogen) atoms. The molecule has 0 aliphatic heterocycles. The van der Waals surface area contributed by atoms with Crippen molar-refractivity contribution in [2.75, 3.05) is 6.61 Å². The Morgan fingerprint density at radius 3 is 2.75 bits per heavy atom. The van der Waals surface area contributed by atoms with Crippen molar-refractivity contribution < 1.29 is 5.11 Å². The number of rotatable bonds is 3. The third kappa shape index (κ3) is 4.59. The minimum Gasteiger partial charge on any atom is -0.392 e. The van der Waals surface area contributed by atoms with Crippen LogP contribution in [0.15, 0.2) is 9.66 Å². The lowest BCUT2D eigenvalue weighted by Gasteiger charge is -1.90. The highest BCUT2D eigenvalue weighted by molar-refractivity contribution is 14.1.